The number of aromatic nitrogens is 2. The van der Waals surface area contributed by atoms with Gasteiger partial charge in [-0.05, 0) is 15.9 Å². The van der Waals surface area contributed by atoms with Crippen LogP contribution in [0.15, 0.2) is 22.8 Å². The Kier molecular flexibility index (Phi) is 3.89. The molecule has 0 atom stereocenters. The van der Waals surface area contributed by atoms with Crippen molar-refractivity contribution in [2.24, 2.45) is 0 Å². The van der Waals surface area contributed by atoms with Crippen molar-refractivity contribution in [3.8, 4) is 0 Å². The molecule has 100 valence electrons. The normalized spacial score (nSPS) is 10.4. The van der Waals surface area contributed by atoms with Gasteiger partial charge in [-0.1, -0.05) is 0 Å². The van der Waals surface area contributed by atoms with Gasteiger partial charge in [-0.25, -0.2) is 18.2 Å². The average Bonchev–Trinajstić information content (AvgIpc) is 2.38. The lowest BCUT2D eigenvalue weighted by Gasteiger charge is -2.10. The maximum absolute atomic E-state index is 13.5. The summed E-state index contributed by atoms with van der Waals surface area (Å²) in [7, 11) is 1.61. The highest BCUT2D eigenvalue weighted by Crippen LogP contribution is 2.27. The molecular weight excluding hydrogens is 325 g/mol. The fourth-order valence-corrected chi connectivity index (χ4v) is 1.64. The molecule has 19 heavy (non-hydrogen) atoms. The smallest absolute Gasteiger partial charge is 0.224 e. The standard InChI is InChI=1S/C11H8BrF3N4/c1-16-11-17-4-6(12)10(19-11)18-8-3-5(13)2-7(14)9(8)15/h2-4H,1H3,(H2,16,17,18,19). The molecule has 0 saturated carbocycles. The minimum atomic E-state index is -1.28. The molecule has 2 aromatic rings. The van der Waals surface area contributed by atoms with Gasteiger partial charge < -0.3 is 10.6 Å². The summed E-state index contributed by atoms with van der Waals surface area (Å²) in [4.78, 5) is 7.90. The molecule has 0 amide bonds. The van der Waals surface area contributed by atoms with E-state index in [0.717, 1.165) is 6.07 Å². The van der Waals surface area contributed by atoms with Crippen LogP contribution >= 0.6 is 15.9 Å². The average molecular weight is 333 g/mol. The molecule has 0 aliphatic rings. The van der Waals surface area contributed by atoms with E-state index in [2.05, 4.69) is 36.5 Å². The Balaban J connectivity index is 2.41. The van der Waals surface area contributed by atoms with Gasteiger partial charge in [-0.15, -0.1) is 0 Å². The van der Waals surface area contributed by atoms with E-state index in [9.17, 15) is 13.2 Å². The zero-order valence-corrected chi connectivity index (χ0v) is 11.2. The lowest BCUT2D eigenvalue weighted by atomic mass is 10.3. The Morgan fingerprint density at radius 3 is 2.63 bits per heavy atom. The van der Waals surface area contributed by atoms with Gasteiger partial charge in [0.15, 0.2) is 11.6 Å². The van der Waals surface area contributed by atoms with Crippen LogP contribution in [0.25, 0.3) is 0 Å². The highest BCUT2D eigenvalue weighted by atomic mass is 79.9. The maximum Gasteiger partial charge on any atom is 0.224 e. The molecule has 0 unspecified atom stereocenters. The zero-order valence-electron chi connectivity index (χ0n) is 9.64. The van der Waals surface area contributed by atoms with Crippen molar-refractivity contribution >= 4 is 33.4 Å². The van der Waals surface area contributed by atoms with E-state index in [1.807, 2.05) is 0 Å². The summed E-state index contributed by atoms with van der Waals surface area (Å²) in [5, 5.41) is 5.20. The van der Waals surface area contributed by atoms with Crippen LogP contribution in [0, 0.1) is 17.5 Å². The first-order chi connectivity index (χ1) is 9.01. The van der Waals surface area contributed by atoms with Gasteiger partial charge in [-0.3, -0.25) is 0 Å². The summed E-state index contributed by atoms with van der Waals surface area (Å²) in [5.74, 6) is -2.88. The molecule has 8 heteroatoms. The molecule has 0 bridgehead atoms. The van der Waals surface area contributed by atoms with Crippen molar-refractivity contribution in [3.63, 3.8) is 0 Å². The molecule has 0 saturated heterocycles. The van der Waals surface area contributed by atoms with E-state index in [-0.39, 0.29) is 17.5 Å². The van der Waals surface area contributed by atoms with E-state index in [4.69, 9.17) is 0 Å². The molecule has 0 radical (unpaired) electrons. The minimum Gasteiger partial charge on any atom is -0.357 e. The van der Waals surface area contributed by atoms with Crippen molar-refractivity contribution in [2.45, 2.75) is 0 Å². The Labute approximate surface area is 115 Å². The zero-order chi connectivity index (χ0) is 14.0. The van der Waals surface area contributed by atoms with Gasteiger partial charge in [0.2, 0.25) is 5.95 Å². The number of benzene rings is 1. The van der Waals surface area contributed by atoms with Crippen LogP contribution in [0.1, 0.15) is 0 Å². The van der Waals surface area contributed by atoms with Crippen LogP contribution in [0.5, 0.6) is 0 Å². The summed E-state index contributed by atoms with van der Waals surface area (Å²) >= 11 is 3.15. The SMILES string of the molecule is CNc1ncc(Br)c(Nc2cc(F)cc(F)c2F)n1. The predicted octanol–water partition coefficient (Wildman–Crippen LogP) is 3.44. The van der Waals surface area contributed by atoms with Crippen molar-refractivity contribution < 1.29 is 13.2 Å². The number of nitrogens with one attached hydrogen (secondary N) is 2. The van der Waals surface area contributed by atoms with Gasteiger partial charge in [-0.2, -0.15) is 4.98 Å². The van der Waals surface area contributed by atoms with Crippen LogP contribution in [-0.2, 0) is 0 Å². The van der Waals surface area contributed by atoms with Crippen molar-refractivity contribution in [1.82, 2.24) is 9.97 Å². The van der Waals surface area contributed by atoms with E-state index >= 15 is 0 Å². The number of halogens is 4. The second kappa shape index (κ2) is 5.43. The molecule has 0 aliphatic carbocycles. The largest absolute Gasteiger partial charge is 0.357 e. The third-order valence-electron chi connectivity index (χ3n) is 2.21. The molecule has 2 N–H and O–H groups in total. The Bertz CT molecular complexity index is 621. The van der Waals surface area contributed by atoms with Crippen LogP contribution in [0.3, 0.4) is 0 Å². The number of hydrogen-bond acceptors (Lipinski definition) is 4. The van der Waals surface area contributed by atoms with E-state index < -0.39 is 17.5 Å². The summed E-state index contributed by atoms with van der Waals surface area (Å²) in [6.07, 6.45) is 1.43. The molecule has 0 spiro atoms. The third kappa shape index (κ3) is 2.95. The van der Waals surface area contributed by atoms with E-state index in [1.165, 1.54) is 6.20 Å². The van der Waals surface area contributed by atoms with Crippen LogP contribution in [0.2, 0.25) is 0 Å². The van der Waals surface area contributed by atoms with Crippen molar-refractivity contribution in [3.05, 3.63) is 40.3 Å². The topological polar surface area (TPSA) is 49.8 Å². The second-order valence-corrected chi connectivity index (χ2v) is 4.37. The highest BCUT2D eigenvalue weighted by Gasteiger charge is 2.13. The Hall–Kier alpha value is -1.83. The van der Waals surface area contributed by atoms with Crippen molar-refractivity contribution in [1.29, 1.82) is 0 Å². The molecular formula is C11H8BrF3N4. The number of hydrogen-bond donors (Lipinski definition) is 2. The monoisotopic (exact) mass is 332 g/mol. The van der Waals surface area contributed by atoms with E-state index in [1.54, 1.807) is 7.05 Å². The number of nitrogens with zero attached hydrogens (tertiary/aromatic N) is 2. The molecule has 4 nitrogen and oxygen atoms in total. The Morgan fingerprint density at radius 1 is 1.21 bits per heavy atom. The maximum atomic E-state index is 13.5. The first-order valence-corrected chi connectivity index (χ1v) is 5.92. The fourth-order valence-electron chi connectivity index (χ4n) is 1.35. The summed E-state index contributed by atoms with van der Waals surface area (Å²) in [6, 6.07) is 1.31. The summed E-state index contributed by atoms with van der Waals surface area (Å²) in [5.41, 5.74) is -0.348. The molecule has 0 aliphatic heterocycles. The fraction of sp³-hybridized carbons (Fsp3) is 0.0909. The second-order valence-electron chi connectivity index (χ2n) is 3.51. The van der Waals surface area contributed by atoms with Gasteiger partial charge >= 0.3 is 0 Å². The molecule has 1 heterocycles. The first kappa shape index (κ1) is 13.6. The summed E-state index contributed by atoms with van der Waals surface area (Å²) in [6.45, 7) is 0. The van der Waals surface area contributed by atoms with Crippen LogP contribution in [0.4, 0.5) is 30.6 Å². The number of rotatable bonds is 3. The van der Waals surface area contributed by atoms with Crippen molar-refractivity contribution in [2.75, 3.05) is 17.7 Å². The minimum absolute atomic E-state index is 0.184. The lowest BCUT2D eigenvalue weighted by Crippen LogP contribution is -2.03. The number of anilines is 3. The highest BCUT2D eigenvalue weighted by molar-refractivity contribution is 9.10. The third-order valence-corrected chi connectivity index (χ3v) is 2.79. The molecule has 0 fully saturated rings. The first-order valence-electron chi connectivity index (χ1n) is 5.13. The van der Waals surface area contributed by atoms with Crippen LogP contribution in [-0.4, -0.2) is 17.0 Å². The molecule has 1 aromatic heterocycles. The van der Waals surface area contributed by atoms with Gasteiger partial charge in [0.05, 0.1) is 10.2 Å². The van der Waals surface area contributed by atoms with Gasteiger partial charge in [0.25, 0.3) is 0 Å². The van der Waals surface area contributed by atoms with Gasteiger partial charge in [0, 0.05) is 25.4 Å². The van der Waals surface area contributed by atoms with Gasteiger partial charge in [0.1, 0.15) is 11.6 Å². The summed E-state index contributed by atoms with van der Waals surface area (Å²) < 4.78 is 40.1. The Morgan fingerprint density at radius 2 is 1.95 bits per heavy atom. The van der Waals surface area contributed by atoms with E-state index in [0.29, 0.717) is 10.5 Å². The predicted molar refractivity (Wildman–Crippen MR) is 68.9 cm³/mol. The molecule has 2 rings (SSSR count). The lowest BCUT2D eigenvalue weighted by molar-refractivity contribution is 0.498. The quantitative estimate of drug-likeness (QED) is 0.845. The van der Waals surface area contributed by atoms with Crippen LogP contribution < -0.4 is 10.6 Å². The molecule has 1 aromatic carbocycles.